The summed E-state index contributed by atoms with van der Waals surface area (Å²) in [6, 6.07) is 16.0. The van der Waals surface area contributed by atoms with Gasteiger partial charge in [0.1, 0.15) is 28.4 Å². The van der Waals surface area contributed by atoms with Crippen LogP contribution in [0.3, 0.4) is 0 Å². The molecule has 7 rings (SSSR count). The van der Waals surface area contributed by atoms with E-state index >= 15 is 0 Å². The second-order valence-corrected chi connectivity index (χ2v) is 7.39. The number of nitrogens with one attached hydrogen (secondary N) is 3. The summed E-state index contributed by atoms with van der Waals surface area (Å²) in [7, 11) is 0. The first-order valence-corrected chi connectivity index (χ1v) is 9.53. The van der Waals surface area contributed by atoms with Crippen LogP contribution < -0.4 is 5.73 Å². The predicted molar refractivity (Wildman–Crippen MR) is 117 cm³/mol. The Morgan fingerprint density at radius 2 is 1.63 bits per heavy atom. The van der Waals surface area contributed by atoms with Crippen molar-refractivity contribution in [3.8, 4) is 11.4 Å². The van der Waals surface area contributed by atoms with E-state index in [4.69, 9.17) is 11.1 Å². The number of fused-ring (bicyclic) bond motifs is 9. The van der Waals surface area contributed by atoms with Gasteiger partial charge in [-0.25, -0.2) is 15.0 Å². The average molecular weight is 390 g/mol. The SMILES string of the molecule is N=C1N=C(c2c[nH]c3ccccc23)c2c3nc(N)nc-3c3c4ccccc4[nH]c3n21. The van der Waals surface area contributed by atoms with Gasteiger partial charge >= 0.3 is 0 Å². The normalized spacial score (nSPS) is 13.7. The van der Waals surface area contributed by atoms with Gasteiger partial charge in [0, 0.05) is 33.6 Å². The second kappa shape index (κ2) is 5.12. The number of aliphatic imine (C=N–C) groups is 1. The van der Waals surface area contributed by atoms with Crippen LogP contribution in [-0.4, -0.2) is 36.2 Å². The van der Waals surface area contributed by atoms with Crippen LogP contribution in [0.25, 0.3) is 44.2 Å². The van der Waals surface area contributed by atoms with Gasteiger partial charge in [0.15, 0.2) is 0 Å². The van der Waals surface area contributed by atoms with Crippen LogP contribution in [0.4, 0.5) is 5.95 Å². The molecule has 0 spiro atoms. The maximum absolute atomic E-state index is 8.67. The number of pyridine rings is 1. The van der Waals surface area contributed by atoms with Gasteiger partial charge < -0.3 is 15.7 Å². The molecule has 0 atom stereocenters. The van der Waals surface area contributed by atoms with Crippen LogP contribution in [0.2, 0.25) is 0 Å². The number of nitrogens with two attached hydrogens (primary N) is 1. The van der Waals surface area contributed by atoms with E-state index in [-0.39, 0.29) is 11.9 Å². The van der Waals surface area contributed by atoms with Crippen molar-refractivity contribution < 1.29 is 0 Å². The highest BCUT2D eigenvalue weighted by molar-refractivity contribution is 6.30. The number of rotatable bonds is 1. The number of hydrogen-bond acceptors (Lipinski definition) is 4. The number of aromatic amines is 2. The van der Waals surface area contributed by atoms with E-state index in [0.29, 0.717) is 17.1 Å². The van der Waals surface area contributed by atoms with Crippen molar-refractivity contribution >= 4 is 50.5 Å². The summed E-state index contributed by atoms with van der Waals surface area (Å²) < 4.78 is 1.81. The Hall–Kier alpha value is -4.46. The second-order valence-electron chi connectivity index (χ2n) is 7.39. The van der Waals surface area contributed by atoms with Gasteiger partial charge in [-0.05, 0) is 12.1 Å². The lowest BCUT2D eigenvalue weighted by atomic mass is 10.0. The largest absolute Gasteiger partial charge is 0.368 e. The summed E-state index contributed by atoms with van der Waals surface area (Å²) >= 11 is 0. The van der Waals surface area contributed by atoms with Crippen LogP contribution in [-0.2, 0) is 0 Å². The first-order valence-electron chi connectivity index (χ1n) is 9.53. The predicted octanol–water partition coefficient (Wildman–Crippen LogP) is 3.71. The fourth-order valence-corrected chi connectivity index (χ4v) is 4.55. The van der Waals surface area contributed by atoms with E-state index in [1.165, 1.54) is 0 Å². The van der Waals surface area contributed by atoms with E-state index in [2.05, 4.69) is 24.9 Å². The van der Waals surface area contributed by atoms with Gasteiger partial charge in [-0.1, -0.05) is 36.4 Å². The van der Waals surface area contributed by atoms with Crippen LogP contribution in [0.1, 0.15) is 11.3 Å². The fraction of sp³-hybridized carbons (Fsp3) is 0. The molecular formula is C22H14N8. The highest BCUT2D eigenvalue weighted by Crippen LogP contribution is 2.40. The number of anilines is 1. The third-order valence-electron chi connectivity index (χ3n) is 5.77. The minimum Gasteiger partial charge on any atom is -0.368 e. The highest BCUT2D eigenvalue weighted by Gasteiger charge is 2.34. The van der Waals surface area contributed by atoms with Gasteiger partial charge in [0.05, 0.1) is 5.39 Å². The molecule has 0 bridgehead atoms. The van der Waals surface area contributed by atoms with Crippen molar-refractivity contribution in [1.82, 2.24) is 24.5 Å². The van der Waals surface area contributed by atoms with E-state index in [0.717, 1.165) is 44.1 Å². The van der Waals surface area contributed by atoms with E-state index in [1.807, 2.05) is 59.3 Å². The molecule has 2 aromatic heterocycles. The highest BCUT2D eigenvalue weighted by atomic mass is 15.2. The Kier molecular flexibility index (Phi) is 2.64. The van der Waals surface area contributed by atoms with Crippen molar-refractivity contribution in [3.05, 3.63) is 66.0 Å². The minimum atomic E-state index is 0.130. The summed E-state index contributed by atoms with van der Waals surface area (Å²) in [4.78, 5) is 20.5. The molecule has 4 aromatic rings. The van der Waals surface area contributed by atoms with Crippen molar-refractivity contribution in [2.75, 3.05) is 5.73 Å². The monoisotopic (exact) mass is 390 g/mol. The lowest BCUT2D eigenvalue weighted by molar-refractivity contribution is 1.11. The molecule has 142 valence electrons. The van der Waals surface area contributed by atoms with Crippen LogP contribution >= 0.6 is 0 Å². The summed E-state index contributed by atoms with van der Waals surface area (Å²) in [5, 5.41) is 11.6. The van der Waals surface area contributed by atoms with Crippen molar-refractivity contribution in [3.63, 3.8) is 0 Å². The van der Waals surface area contributed by atoms with E-state index in [9.17, 15) is 0 Å². The van der Waals surface area contributed by atoms with E-state index in [1.54, 1.807) is 0 Å². The molecular weight excluding hydrogens is 376 g/mol. The number of aromatic nitrogens is 5. The first-order chi connectivity index (χ1) is 14.7. The average Bonchev–Trinajstić information content (AvgIpc) is 3.49. The molecule has 0 fully saturated rings. The molecule has 0 radical (unpaired) electrons. The first kappa shape index (κ1) is 15.5. The zero-order valence-electron chi connectivity index (χ0n) is 15.6. The van der Waals surface area contributed by atoms with Gasteiger partial charge in [0.25, 0.3) is 0 Å². The van der Waals surface area contributed by atoms with Gasteiger partial charge in [0.2, 0.25) is 11.9 Å². The fourth-order valence-electron chi connectivity index (χ4n) is 4.55. The third-order valence-corrected chi connectivity index (χ3v) is 5.77. The molecule has 2 aromatic carbocycles. The quantitative estimate of drug-likeness (QED) is 0.342. The maximum Gasteiger partial charge on any atom is 0.229 e. The Morgan fingerprint density at radius 3 is 2.50 bits per heavy atom. The number of imidazole rings is 1. The molecule has 5 N–H and O–H groups in total. The zero-order valence-corrected chi connectivity index (χ0v) is 15.6. The van der Waals surface area contributed by atoms with E-state index < -0.39 is 0 Å². The van der Waals surface area contributed by atoms with Crippen LogP contribution in [0, 0.1) is 5.41 Å². The van der Waals surface area contributed by atoms with Gasteiger partial charge in [-0.2, -0.15) is 0 Å². The molecule has 3 aliphatic heterocycles. The summed E-state index contributed by atoms with van der Waals surface area (Å²) in [6.45, 7) is 0. The molecule has 8 heteroatoms. The Balaban J connectivity index is 1.66. The zero-order chi connectivity index (χ0) is 20.0. The molecule has 0 aliphatic carbocycles. The smallest absolute Gasteiger partial charge is 0.229 e. The minimum absolute atomic E-state index is 0.130. The van der Waals surface area contributed by atoms with Gasteiger partial charge in [-0.3, -0.25) is 9.98 Å². The molecule has 0 saturated carbocycles. The third kappa shape index (κ3) is 1.76. The Bertz CT molecular complexity index is 1680. The topological polar surface area (TPSA) is 125 Å². The molecule has 3 aliphatic rings. The molecule has 0 unspecified atom stereocenters. The number of nitrogen functional groups attached to an aromatic ring is 1. The maximum atomic E-state index is 8.67. The summed E-state index contributed by atoms with van der Waals surface area (Å²) in [5.41, 5.74) is 12.5. The number of benzene rings is 2. The molecule has 30 heavy (non-hydrogen) atoms. The number of H-pyrrole nitrogens is 2. The van der Waals surface area contributed by atoms with Gasteiger partial charge in [-0.15, -0.1) is 0 Å². The molecule has 8 nitrogen and oxygen atoms in total. The van der Waals surface area contributed by atoms with Crippen molar-refractivity contribution in [2.45, 2.75) is 0 Å². The summed E-state index contributed by atoms with van der Waals surface area (Å²) in [6.07, 6.45) is 1.92. The van der Waals surface area contributed by atoms with Crippen LogP contribution in [0.5, 0.6) is 0 Å². The Morgan fingerprint density at radius 1 is 0.900 bits per heavy atom. The van der Waals surface area contributed by atoms with Crippen molar-refractivity contribution in [1.29, 1.82) is 5.41 Å². The van der Waals surface area contributed by atoms with Crippen molar-refractivity contribution in [2.24, 2.45) is 4.99 Å². The molecule has 0 amide bonds. The number of hydrogen-bond donors (Lipinski definition) is 4. The summed E-state index contributed by atoms with van der Waals surface area (Å²) in [5.74, 6) is 0.340. The lowest BCUT2D eigenvalue weighted by Crippen LogP contribution is -2.13. The number of nitrogens with zero attached hydrogens (tertiary/aromatic N) is 4. The molecule has 5 heterocycles. The molecule has 0 saturated heterocycles. The lowest BCUT2D eigenvalue weighted by Gasteiger charge is -2.11. The Labute approximate surface area is 168 Å². The standard InChI is InChI=1S/C22H14N8/c23-21-27-17-15-11-6-2-4-8-14(11)26-20(15)30-19(18(17)28-21)16(29-22(30)24)12-9-25-13-7-3-1-5-10(12)13/h1-9,24-26H,(H2,23,28). The van der Waals surface area contributed by atoms with Crippen LogP contribution in [0.15, 0.2) is 59.7 Å². The number of para-hydroxylation sites is 2.